The van der Waals surface area contributed by atoms with Crippen molar-refractivity contribution in [2.75, 3.05) is 5.32 Å². The molecule has 7 heteroatoms. The van der Waals surface area contributed by atoms with Crippen LogP contribution in [0.1, 0.15) is 39.3 Å². The molecule has 0 saturated heterocycles. The Hall–Kier alpha value is -3.22. The summed E-state index contributed by atoms with van der Waals surface area (Å²) >= 11 is 0. The lowest BCUT2D eigenvalue weighted by atomic mass is 10.1. The van der Waals surface area contributed by atoms with E-state index in [1.165, 1.54) is 6.20 Å². The Kier molecular flexibility index (Phi) is 3.91. The molecule has 1 fully saturated rings. The van der Waals surface area contributed by atoms with Gasteiger partial charge < -0.3 is 10.6 Å². The summed E-state index contributed by atoms with van der Waals surface area (Å²) in [5, 5.41) is 10.9. The van der Waals surface area contributed by atoms with Crippen LogP contribution in [-0.4, -0.2) is 32.6 Å². The molecule has 0 aliphatic heterocycles. The predicted octanol–water partition coefficient (Wildman–Crippen LogP) is 2.42. The molecule has 0 spiro atoms. The molecule has 2 aromatic heterocycles. The first kappa shape index (κ1) is 16.3. The van der Waals surface area contributed by atoms with Gasteiger partial charge in [-0.3, -0.25) is 14.3 Å². The van der Waals surface area contributed by atoms with Crippen molar-refractivity contribution in [3.63, 3.8) is 0 Å². The fourth-order valence-corrected chi connectivity index (χ4v) is 2.87. The van der Waals surface area contributed by atoms with Gasteiger partial charge in [-0.2, -0.15) is 5.10 Å². The van der Waals surface area contributed by atoms with E-state index in [1.54, 1.807) is 35.0 Å². The van der Waals surface area contributed by atoms with E-state index < -0.39 is 0 Å². The maximum absolute atomic E-state index is 12.6. The zero-order chi connectivity index (χ0) is 18.3. The molecule has 0 bridgehead atoms. The molecular weight excluding hydrogens is 330 g/mol. The molecule has 2 amide bonds. The standard InChI is InChI=1S/C19H19N5O2/c1-11-16-9-13(10-20-17(16)24(2)23-11)19(26)22-15-5-3-4-12(8-15)18(25)21-14-6-7-14/h3-5,8-10,14H,6-7H2,1-2H3,(H,21,25)(H,22,26). The maximum atomic E-state index is 12.6. The normalized spacial score (nSPS) is 13.6. The number of hydrogen-bond acceptors (Lipinski definition) is 4. The largest absolute Gasteiger partial charge is 0.349 e. The van der Waals surface area contributed by atoms with Gasteiger partial charge in [-0.25, -0.2) is 4.98 Å². The molecule has 132 valence electrons. The van der Waals surface area contributed by atoms with E-state index in [1.807, 2.05) is 14.0 Å². The Morgan fingerprint density at radius 1 is 1.15 bits per heavy atom. The maximum Gasteiger partial charge on any atom is 0.257 e. The number of carbonyl (C=O) groups is 2. The minimum atomic E-state index is -0.276. The van der Waals surface area contributed by atoms with Crippen LogP contribution in [0.4, 0.5) is 5.69 Å². The predicted molar refractivity (Wildman–Crippen MR) is 98.1 cm³/mol. The van der Waals surface area contributed by atoms with Crippen molar-refractivity contribution >= 4 is 28.5 Å². The molecule has 1 aliphatic rings. The first-order chi connectivity index (χ1) is 12.5. The van der Waals surface area contributed by atoms with Gasteiger partial charge in [0.1, 0.15) is 0 Å². The van der Waals surface area contributed by atoms with Crippen molar-refractivity contribution < 1.29 is 9.59 Å². The van der Waals surface area contributed by atoms with E-state index in [9.17, 15) is 9.59 Å². The quantitative estimate of drug-likeness (QED) is 0.757. The zero-order valence-electron chi connectivity index (χ0n) is 14.6. The zero-order valence-corrected chi connectivity index (χ0v) is 14.6. The third kappa shape index (κ3) is 3.15. The lowest BCUT2D eigenvalue weighted by Gasteiger charge is -2.08. The van der Waals surface area contributed by atoms with Crippen molar-refractivity contribution in [2.24, 2.45) is 7.05 Å². The van der Waals surface area contributed by atoms with Crippen LogP contribution in [0, 0.1) is 6.92 Å². The van der Waals surface area contributed by atoms with E-state index >= 15 is 0 Å². The van der Waals surface area contributed by atoms with Gasteiger partial charge >= 0.3 is 0 Å². The molecule has 1 saturated carbocycles. The summed E-state index contributed by atoms with van der Waals surface area (Å²) in [6.07, 6.45) is 3.60. The average Bonchev–Trinajstić information content (AvgIpc) is 3.40. The molecule has 4 rings (SSSR count). The SMILES string of the molecule is Cc1nn(C)c2ncc(C(=O)Nc3cccc(C(=O)NC4CC4)c3)cc12. The van der Waals surface area contributed by atoms with Crippen LogP contribution < -0.4 is 10.6 Å². The van der Waals surface area contributed by atoms with E-state index in [2.05, 4.69) is 20.7 Å². The second-order valence-corrected chi connectivity index (χ2v) is 6.59. The molecule has 0 atom stereocenters. The van der Waals surface area contributed by atoms with Gasteiger partial charge in [0.15, 0.2) is 5.65 Å². The molecule has 7 nitrogen and oxygen atoms in total. The number of fused-ring (bicyclic) bond motifs is 1. The second-order valence-electron chi connectivity index (χ2n) is 6.59. The molecule has 0 unspecified atom stereocenters. The van der Waals surface area contributed by atoms with E-state index in [4.69, 9.17) is 0 Å². The number of benzene rings is 1. The summed E-state index contributed by atoms with van der Waals surface area (Å²) < 4.78 is 1.69. The minimum absolute atomic E-state index is 0.113. The average molecular weight is 349 g/mol. The Morgan fingerprint density at radius 2 is 1.96 bits per heavy atom. The summed E-state index contributed by atoms with van der Waals surface area (Å²) in [5.74, 6) is -0.389. The van der Waals surface area contributed by atoms with Gasteiger partial charge in [-0.1, -0.05) is 6.07 Å². The Balaban J connectivity index is 1.54. The fourth-order valence-electron chi connectivity index (χ4n) is 2.87. The third-order valence-corrected chi connectivity index (χ3v) is 4.42. The second kappa shape index (κ2) is 6.25. The van der Waals surface area contributed by atoms with Crippen LogP contribution in [0.2, 0.25) is 0 Å². The molecule has 0 radical (unpaired) electrons. The van der Waals surface area contributed by atoms with Crippen LogP contribution >= 0.6 is 0 Å². The van der Waals surface area contributed by atoms with Crippen molar-refractivity contribution in [2.45, 2.75) is 25.8 Å². The number of carbonyl (C=O) groups excluding carboxylic acids is 2. The van der Waals surface area contributed by atoms with Crippen molar-refractivity contribution in [1.82, 2.24) is 20.1 Å². The summed E-state index contributed by atoms with van der Waals surface area (Å²) in [5.41, 5.74) is 3.11. The van der Waals surface area contributed by atoms with Crippen LogP contribution in [0.3, 0.4) is 0 Å². The number of anilines is 1. The molecular formula is C19H19N5O2. The van der Waals surface area contributed by atoms with E-state index in [0.717, 1.165) is 29.6 Å². The van der Waals surface area contributed by atoms with Gasteiger partial charge in [0, 0.05) is 35.9 Å². The highest BCUT2D eigenvalue weighted by Gasteiger charge is 2.23. The Morgan fingerprint density at radius 3 is 2.73 bits per heavy atom. The molecule has 3 aromatic rings. The van der Waals surface area contributed by atoms with Gasteiger partial charge in [-0.05, 0) is 44.0 Å². The van der Waals surface area contributed by atoms with Crippen molar-refractivity contribution in [1.29, 1.82) is 0 Å². The minimum Gasteiger partial charge on any atom is -0.349 e. The summed E-state index contributed by atoms with van der Waals surface area (Å²) in [7, 11) is 1.82. The van der Waals surface area contributed by atoms with Crippen LogP contribution in [0.25, 0.3) is 11.0 Å². The summed E-state index contributed by atoms with van der Waals surface area (Å²) in [6, 6.07) is 9.00. The molecule has 1 aliphatic carbocycles. The topological polar surface area (TPSA) is 88.9 Å². The van der Waals surface area contributed by atoms with Crippen LogP contribution in [-0.2, 0) is 7.05 Å². The van der Waals surface area contributed by atoms with Crippen molar-refractivity contribution in [3.05, 3.63) is 53.3 Å². The number of aromatic nitrogens is 3. The number of nitrogens with one attached hydrogen (secondary N) is 2. The Bertz CT molecular complexity index is 1020. The molecule has 1 aromatic carbocycles. The lowest BCUT2D eigenvalue weighted by molar-refractivity contribution is 0.0949. The number of nitrogens with zero attached hydrogens (tertiary/aromatic N) is 3. The monoisotopic (exact) mass is 349 g/mol. The number of amides is 2. The Labute approximate surface area is 150 Å². The first-order valence-corrected chi connectivity index (χ1v) is 8.53. The number of aryl methyl sites for hydroxylation is 2. The summed E-state index contributed by atoms with van der Waals surface area (Å²) in [4.78, 5) is 29.0. The van der Waals surface area contributed by atoms with Gasteiger partial charge in [-0.15, -0.1) is 0 Å². The van der Waals surface area contributed by atoms with Gasteiger partial charge in [0.2, 0.25) is 0 Å². The van der Waals surface area contributed by atoms with Crippen LogP contribution in [0.15, 0.2) is 36.5 Å². The molecule has 2 N–H and O–H groups in total. The fraction of sp³-hybridized carbons (Fsp3) is 0.263. The highest BCUT2D eigenvalue weighted by atomic mass is 16.2. The number of hydrogen-bond donors (Lipinski definition) is 2. The van der Waals surface area contributed by atoms with Crippen LogP contribution in [0.5, 0.6) is 0 Å². The van der Waals surface area contributed by atoms with Gasteiger partial charge in [0.25, 0.3) is 11.8 Å². The van der Waals surface area contributed by atoms with Crippen molar-refractivity contribution in [3.8, 4) is 0 Å². The number of rotatable bonds is 4. The highest BCUT2D eigenvalue weighted by Crippen LogP contribution is 2.21. The smallest absolute Gasteiger partial charge is 0.257 e. The highest BCUT2D eigenvalue weighted by molar-refractivity contribution is 6.06. The lowest BCUT2D eigenvalue weighted by Crippen LogP contribution is -2.25. The molecule has 26 heavy (non-hydrogen) atoms. The van der Waals surface area contributed by atoms with Gasteiger partial charge in [0.05, 0.1) is 11.3 Å². The first-order valence-electron chi connectivity index (χ1n) is 8.53. The molecule has 2 heterocycles. The summed E-state index contributed by atoms with van der Waals surface area (Å²) in [6.45, 7) is 1.88. The van der Waals surface area contributed by atoms with E-state index in [0.29, 0.717) is 22.9 Å². The van der Waals surface area contributed by atoms with E-state index in [-0.39, 0.29) is 11.8 Å². The number of pyridine rings is 1. The third-order valence-electron chi connectivity index (χ3n) is 4.42.